The summed E-state index contributed by atoms with van der Waals surface area (Å²) in [5.74, 6) is -3.20. The highest BCUT2D eigenvalue weighted by Gasteiger charge is 2.24. The molecule has 1 aromatic carbocycles. The summed E-state index contributed by atoms with van der Waals surface area (Å²) in [5.41, 5.74) is 12.1. The average Bonchev–Trinajstić information content (AvgIpc) is 2.82. The number of carbonyl (C=O) groups is 3. The number of nitrogen functional groups attached to an aromatic ring is 1. The summed E-state index contributed by atoms with van der Waals surface area (Å²) >= 11 is 0. The van der Waals surface area contributed by atoms with Crippen LogP contribution in [0.15, 0.2) is 35.3 Å². The van der Waals surface area contributed by atoms with E-state index in [4.69, 9.17) is 11.5 Å². The summed E-state index contributed by atoms with van der Waals surface area (Å²) in [6, 6.07) is 6.45. The third-order valence-corrected chi connectivity index (χ3v) is 5.08. The number of aromatic nitrogens is 4. The first-order valence-electron chi connectivity index (χ1n) is 10.8. The molecule has 1 unspecified atom stereocenters. The molecule has 184 valence electrons. The van der Waals surface area contributed by atoms with Crippen molar-refractivity contribution in [2.24, 2.45) is 11.7 Å². The smallest absolute Gasteiger partial charge is 0.307 e. The maximum Gasteiger partial charge on any atom is 0.307 e. The Hall–Kier alpha value is -4.39. The van der Waals surface area contributed by atoms with Gasteiger partial charge in [-0.1, -0.05) is 0 Å². The van der Waals surface area contributed by atoms with Crippen LogP contribution in [0.1, 0.15) is 35.3 Å². The van der Waals surface area contributed by atoms with Crippen molar-refractivity contribution in [2.45, 2.75) is 25.8 Å². The van der Waals surface area contributed by atoms with Crippen LogP contribution in [0.3, 0.4) is 0 Å². The lowest BCUT2D eigenvalue weighted by molar-refractivity contribution is -0.143. The SMILES string of the molecule is NCCCNC(=O)CC(CC(=O)c1ccc(NCc2cnc3nc(N)[nH]c(=O)c3n2)cc1)C(=O)O. The van der Waals surface area contributed by atoms with Crippen molar-refractivity contribution in [3.05, 3.63) is 52.1 Å². The second-order valence-electron chi connectivity index (χ2n) is 7.77. The van der Waals surface area contributed by atoms with Crippen molar-refractivity contribution in [1.29, 1.82) is 0 Å². The fourth-order valence-corrected chi connectivity index (χ4v) is 3.24. The minimum Gasteiger partial charge on any atom is -0.481 e. The standard InChI is InChI=1S/C22H26N8O5/c23-6-1-7-25-17(32)9-13(21(34)35)8-16(31)12-2-4-14(5-3-12)26-10-15-11-27-19-18(28-15)20(33)30-22(24)29-19/h2-5,11,13,26H,1,6-10,23H2,(H,25,32)(H,34,35)(H3,24,27,29,30,33). The topological polar surface area (TPSA) is 219 Å². The van der Waals surface area contributed by atoms with Crippen LogP contribution in [0.5, 0.6) is 0 Å². The molecule has 2 aromatic heterocycles. The summed E-state index contributed by atoms with van der Waals surface area (Å²) in [5, 5.41) is 15.1. The zero-order valence-electron chi connectivity index (χ0n) is 18.8. The number of benzene rings is 1. The molecule has 0 bridgehead atoms. The van der Waals surface area contributed by atoms with Gasteiger partial charge in [0.05, 0.1) is 24.4 Å². The molecule has 0 aliphatic heterocycles. The van der Waals surface area contributed by atoms with Crippen LogP contribution in [0.25, 0.3) is 11.2 Å². The molecule has 13 nitrogen and oxygen atoms in total. The van der Waals surface area contributed by atoms with E-state index >= 15 is 0 Å². The average molecular weight is 483 g/mol. The normalized spacial score (nSPS) is 11.7. The first-order chi connectivity index (χ1) is 16.8. The Morgan fingerprint density at radius 2 is 1.86 bits per heavy atom. The number of rotatable bonds is 12. The maximum absolute atomic E-state index is 12.6. The first-order valence-corrected chi connectivity index (χ1v) is 10.8. The number of carbonyl (C=O) groups excluding carboxylic acids is 2. The number of fused-ring (bicyclic) bond motifs is 1. The van der Waals surface area contributed by atoms with E-state index in [2.05, 4.69) is 30.6 Å². The molecule has 0 radical (unpaired) electrons. The number of aliphatic carboxylic acids is 1. The second kappa shape index (κ2) is 11.7. The molecule has 8 N–H and O–H groups in total. The molecular formula is C22H26N8O5. The van der Waals surface area contributed by atoms with E-state index in [1.165, 1.54) is 6.20 Å². The second-order valence-corrected chi connectivity index (χ2v) is 7.77. The predicted molar refractivity (Wildman–Crippen MR) is 128 cm³/mol. The molecule has 0 aliphatic rings. The molecule has 1 atom stereocenters. The Kier molecular flexibility index (Phi) is 8.40. The number of carboxylic acid groups (broad SMARTS) is 1. The van der Waals surface area contributed by atoms with Crippen LogP contribution in [-0.2, 0) is 16.1 Å². The number of aromatic amines is 1. The van der Waals surface area contributed by atoms with Crippen molar-refractivity contribution in [3.8, 4) is 0 Å². The zero-order chi connectivity index (χ0) is 25.4. The van der Waals surface area contributed by atoms with Crippen LogP contribution in [0, 0.1) is 5.92 Å². The van der Waals surface area contributed by atoms with Crippen LogP contribution in [0.2, 0.25) is 0 Å². The van der Waals surface area contributed by atoms with Gasteiger partial charge in [0.2, 0.25) is 11.9 Å². The Bertz CT molecular complexity index is 1280. The van der Waals surface area contributed by atoms with E-state index in [1.54, 1.807) is 24.3 Å². The molecular weight excluding hydrogens is 456 g/mol. The molecule has 2 heterocycles. The van der Waals surface area contributed by atoms with Gasteiger partial charge in [-0.25, -0.2) is 9.97 Å². The fourth-order valence-electron chi connectivity index (χ4n) is 3.24. The van der Waals surface area contributed by atoms with Gasteiger partial charge in [-0.15, -0.1) is 0 Å². The van der Waals surface area contributed by atoms with Gasteiger partial charge in [-0.2, -0.15) is 4.98 Å². The quantitative estimate of drug-likeness (QED) is 0.149. The van der Waals surface area contributed by atoms with Gasteiger partial charge < -0.3 is 27.2 Å². The molecule has 0 fully saturated rings. The van der Waals surface area contributed by atoms with Gasteiger partial charge in [-0.05, 0) is 37.2 Å². The molecule has 0 saturated heterocycles. The third-order valence-electron chi connectivity index (χ3n) is 5.08. The summed E-state index contributed by atoms with van der Waals surface area (Å²) in [6.07, 6.45) is 1.47. The zero-order valence-corrected chi connectivity index (χ0v) is 18.8. The van der Waals surface area contributed by atoms with E-state index in [-0.39, 0.29) is 42.3 Å². The Labute approximate surface area is 199 Å². The molecule has 13 heteroatoms. The van der Waals surface area contributed by atoms with Crippen LogP contribution < -0.4 is 27.7 Å². The number of ketones is 1. The number of amides is 1. The Morgan fingerprint density at radius 1 is 1.11 bits per heavy atom. The molecule has 35 heavy (non-hydrogen) atoms. The number of nitrogens with one attached hydrogen (secondary N) is 3. The Balaban J connectivity index is 1.58. The van der Waals surface area contributed by atoms with Crippen LogP contribution in [0.4, 0.5) is 11.6 Å². The van der Waals surface area contributed by atoms with Gasteiger partial charge in [0.1, 0.15) is 0 Å². The summed E-state index contributed by atoms with van der Waals surface area (Å²) in [7, 11) is 0. The summed E-state index contributed by atoms with van der Waals surface area (Å²) < 4.78 is 0. The molecule has 0 spiro atoms. The van der Waals surface area contributed by atoms with Crippen molar-refractivity contribution in [3.63, 3.8) is 0 Å². The van der Waals surface area contributed by atoms with E-state index in [9.17, 15) is 24.3 Å². The number of nitrogens with zero attached hydrogens (tertiary/aromatic N) is 3. The largest absolute Gasteiger partial charge is 0.481 e. The van der Waals surface area contributed by atoms with Gasteiger partial charge in [0.15, 0.2) is 16.9 Å². The van der Waals surface area contributed by atoms with Crippen molar-refractivity contribution < 1.29 is 19.5 Å². The molecule has 0 saturated carbocycles. The number of hydrogen-bond donors (Lipinski definition) is 6. The number of H-pyrrole nitrogens is 1. The van der Waals surface area contributed by atoms with E-state index < -0.39 is 23.4 Å². The van der Waals surface area contributed by atoms with Crippen molar-refractivity contribution in [1.82, 2.24) is 25.3 Å². The summed E-state index contributed by atoms with van der Waals surface area (Å²) in [4.78, 5) is 62.6. The van der Waals surface area contributed by atoms with E-state index in [1.807, 2.05) is 0 Å². The van der Waals surface area contributed by atoms with Gasteiger partial charge in [0, 0.05) is 30.6 Å². The highest BCUT2D eigenvalue weighted by Crippen LogP contribution is 2.17. The number of hydrogen-bond acceptors (Lipinski definition) is 10. The minimum absolute atomic E-state index is 0.0437. The highest BCUT2D eigenvalue weighted by atomic mass is 16.4. The van der Waals surface area contributed by atoms with Gasteiger partial charge >= 0.3 is 5.97 Å². The summed E-state index contributed by atoms with van der Waals surface area (Å²) in [6.45, 7) is 1.02. The number of anilines is 2. The van der Waals surface area contributed by atoms with Gasteiger partial charge in [-0.3, -0.25) is 24.2 Å². The van der Waals surface area contributed by atoms with Gasteiger partial charge in [0.25, 0.3) is 5.56 Å². The van der Waals surface area contributed by atoms with Crippen molar-refractivity contribution in [2.75, 3.05) is 24.1 Å². The third kappa shape index (κ3) is 7.04. The monoisotopic (exact) mass is 482 g/mol. The Morgan fingerprint density at radius 3 is 2.54 bits per heavy atom. The van der Waals surface area contributed by atoms with E-state index in [0.717, 1.165) is 0 Å². The minimum atomic E-state index is -1.21. The van der Waals surface area contributed by atoms with Crippen molar-refractivity contribution >= 4 is 40.5 Å². The number of carboxylic acids is 1. The van der Waals surface area contributed by atoms with E-state index in [0.29, 0.717) is 36.5 Å². The fraction of sp³-hybridized carbons (Fsp3) is 0.318. The molecule has 3 aromatic rings. The highest BCUT2D eigenvalue weighted by molar-refractivity contribution is 5.99. The number of nitrogens with two attached hydrogens (primary N) is 2. The van der Waals surface area contributed by atoms with Crippen LogP contribution in [-0.4, -0.2) is 55.8 Å². The first kappa shape index (κ1) is 25.2. The predicted octanol–water partition coefficient (Wildman–Crippen LogP) is 0.0361. The lowest BCUT2D eigenvalue weighted by Gasteiger charge is -2.12. The molecule has 3 rings (SSSR count). The molecule has 0 aliphatic carbocycles. The number of Topliss-reactive ketones (excluding diaryl/α,β-unsaturated/α-hetero) is 1. The lowest BCUT2D eigenvalue weighted by Crippen LogP contribution is -2.30. The molecule has 1 amide bonds. The lowest BCUT2D eigenvalue weighted by atomic mass is 9.95. The van der Waals surface area contributed by atoms with Crippen LogP contribution >= 0.6 is 0 Å². The maximum atomic E-state index is 12.6.